The normalized spacial score (nSPS) is 11.8. The lowest BCUT2D eigenvalue weighted by Crippen LogP contribution is -1.96. The fourth-order valence-electron chi connectivity index (χ4n) is 1.23. The van der Waals surface area contributed by atoms with Crippen molar-refractivity contribution in [1.82, 2.24) is 0 Å². The molecule has 76 valence electrons. The van der Waals surface area contributed by atoms with Crippen LogP contribution in [0, 0.1) is 0 Å². The first-order valence-corrected chi connectivity index (χ1v) is 7.04. The predicted molar refractivity (Wildman–Crippen MR) is 65.3 cm³/mol. The maximum Gasteiger partial charge on any atom is 0.0477 e. The molecule has 14 heavy (non-hydrogen) atoms. The minimum absolute atomic E-state index is 0.0584. The van der Waals surface area contributed by atoms with E-state index in [1.54, 1.807) is 0 Å². The van der Waals surface area contributed by atoms with Crippen molar-refractivity contribution in [3.05, 3.63) is 41.6 Å². The third kappa shape index (κ3) is 4.99. The van der Waals surface area contributed by atoms with Crippen LogP contribution in [0.3, 0.4) is 0 Å². The zero-order chi connectivity index (χ0) is 10.1. The van der Waals surface area contributed by atoms with Gasteiger partial charge in [-0.2, -0.15) is 0 Å². The Kier molecular flexibility index (Phi) is 6.03. The van der Waals surface area contributed by atoms with Gasteiger partial charge in [-0.25, -0.2) is 0 Å². The molecular formula is C12H18OSi. The Balaban J connectivity index is 2.15. The van der Waals surface area contributed by atoms with Crippen LogP contribution in [0.2, 0.25) is 6.04 Å². The van der Waals surface area contributed by atoms with E-state index in [1.165, 1.54) is 11.6 Å². The minimum atomic E-state index is -0.0584. The van der Waals surface area contributed by atoms with E-state index in [2.05, 4.69) is 36.0 Å². The Bertz CT molecular complexity index is 256. The van der Waals surface area contributed by atoms with Crippen LogP contribution in [0.4, 0.5) is 0 Å². The monoisotopic (exact) mass is 206 g/mol. The Labute approximate surface area is 88.6 Å². The second-order valence-corrected chi connectivity index (χ2v) is 4.91. The maximum atomic E-state index is 5.29. The molecule has 0 spiro atoms. The summed E-state index contributed by atoms with van der Waals surface area (Å²) >= 11 is 0. The summed E-state index contributed by atoms with van der Waals surface area (Å²) in [5.74, 6) is 0. The summed E-state index contributed by atoms with van der Waals surface area (Å²) < 4.78 is 5.29. The topological polar surface area (TPSA) is 9.23 Å². The van der Waals surface area contributed by atoms with Crippen LogP contribution in [-0.2, 0) is 4.74 Å². The SMILES string of the molecule is CCOCC[SiH2]C=Cc1ccccc1. The molecule has 0 aromatic heterocycles. The fourth-order valence-corrected chi connectivity index (χ4v) is 2.28. The molecule has 1 aromatic carbocycles. The summed E-state index contributed by atoms with van der Waals surface area (Å²) in [5.41, 5.74) is 3.64. The van der Waals surface area contributed by atoms with Crippen molar-refractivity contribution < 1.29 is 4.74 Å². The van der Waals surface area contributed by atoms with Crippen molar-refractivity contribution in [1.29, 1.82) is 0 Å². The molecule has 2 heteroatoms. The third-order valence-corrected chi connectivity index (χ3v) is 3.24. The van der Waals surface area contributed by atoms with Gasteiger partial charge < -0.3 is 4.74 Å². The summed E-state index contributed by atoms with van der Waals surface area (Å²) in [6.07, 6.45) is 2.22. The van der Waals surface area contributed by atoms with E-state index in [1.807, 2.05) is 13.0 Å². The average Bonchev–Trinajstić information content (AvgIpc) is 2.25. The van der Waals surface area contributed by atoms with Crippen molar-refractivity contribution in [2.24, 2.45) is 0 Å². The Hall–Kier alpha value is -0.863. The van der Waals surface area contributed by atoms with Gasteiger partial charge in [0.1, 0.15) is 0 Å². The molecule has 0 heterocycles. The summed E-state index contributed by atoms with van der Waals surface area (Å²) in [7, 11) is -0.0584. The molecule has 1 aromatic rings. The Morgan fingerprint density at radius 1 is 1.29 bits per heavy atom. The van der Waals surface area contributed by atoms with Crippen molar-refractivity contribution in [3.8, 4) is 0 Å². The van der Waals surface area contributed by atoms with Gasteiger partial charge in [0.05, 0.1) is 0 Å². The Morgan fingerprint density at radius 3 is 2.79 bits per heavy atom. The highest BCUT2D eigenvalue weighted by molar-refractivity contribution is 6.43. The molecule has 0 aliphatic heterocycles. The summed E-state index contributed by atoms with van der Waals surface area (Å²) in [6.45, 7) is 3.82. The smallest absolute Gasteiger partial charge is 0.0477 e. The Morgan fingerprint density at radius 2 is 2.07 bits per heavy atom. The first-order valence-electron chi connectivity index (χ1n) is 5.23. The number of hydrogen-bond donors (Lipinski definition) is 0. The molecule has 0 aliphatic carbocycles. The van der Waals surface area contributed by atoms with Crippen LogP contribution in [0.25, 0.3) is 6.08 Å². The second kappa shape index (κ2) is 7.53. The first-order chi connectivity index (χ1) is 6.93. The molecule has 0 aliphatic rings. The fraction of sp³-hybridized carbons (Fsp3) is 0.333. The van der Waals surface area contributed by atoms with Gasteiger partial charge in [-0.05, 0) is 18.5 Å². The van der Waals surface area contributed by atoms with E-state index < -0.39 is 0 Å². The van der Waals surface area contributed by atoms with Crippen LogP contribution in [-0.4, -0.2) is 22.7 Å². The zero-order valence-corrected chi connectivity index (χ0v) is 10.2. The van der Waals surface area contributed by atoms with Crippen molar-refractivity contribution in [2.45, 2.75) is 13.0 Å². The van der Waals surface area contributed by atoms with Crippen LogP contribution in [0.1, 0.15) is 12.5 Å². The lowest BCUT2D eigenvalue weighted by atomic mass is 10.2. The summed E-state index contributed by atoms with van der Waals surface area (Å²) in [6, 6.07) is 11.7. The van der Waals surface area contributed by atoms with Crippen molar-refractivity contribution in [2.75, 3.05) is 13.2 Å². The molecule has 0 radical (unpaired) electrons. The van der Waals surface area contributed by atoms with Crippen molar-refractivity contribution >= 4 is 15.6 Å². The van der Waals surface area contributed by atoms with Gasteiger partial charge in [-0.1, -0.05) is 36.4 Å². The minimum Gasteiger partial charge on any atom is -0.382 e. The van der Waals surface area contributed by atoms with E-state index in [-0.39, 0.29) is 9.52 Å². The lowest BCUT2D eigenvalue weighted by molar-refractivity contribution is 0.162. The van der Waals surface area contributed by atoms with E-state index in [4.69, 9.17) is 4.74 Å². The van der Waals surface area contributed by atoms with Crippen LogP contribution in [0.15, 0.2) is 36.0 Å². The van der Waals surface area contributed by atoms with E-state index in [9.17, 15) is 0 Å². The number of ether oxygens (including phenoxy) is 1. The third-order valence-electron chi connectivity index (χ3n) is 1.97. The largest absolute Gasteiger partial charge is 0.382 e. The van der Waals surface area contributed by atoms with Gasteiger partial charge in [-0.3, -0.25) is 0 Å². The average molecular weight is 206 g/mol. The molecule has 0 unspecified atom stereocenters. The van der Waals surface area contributed by atoms with Gasteiger partial charge >= 0.3 is 0 Å². The van der Waals surface area contributed by atoms with Gasteiger partial charge in [0.15, 0.2) is 0 Å². The van der Waals surface area contributed by atoms with Gasteiger partial charge in [0.25, 0.3) is 0 Å². The van der Waals surface area contributed by atoms with Crippen LogP contribution < -0.4 is 0 Å². The first kappa shape index (κ1) is 11.2. The van der Waals surface area contributed by atoms with Gasteiger partial charge in [-0.15, -0.1) is 5.70 Å². The molecule has 0 saturated carbocycles. The molecule has 0 atom stereocenters. The number of benzene rings is 1. The number of hydrogen-bond acceptors (Lipinski definition) is 1. The van der Waals surface area contributed by atoms with Crippen molar-refractivity contribution in [3.63, 3.8) is 0 Å². The predicted octanol–water partition coefficient (Wildman–Crippen LogP) is 2.28. The zero-order valence-electron chi connectivity index (χ0n) is 8.78. The quantitative estimate of drug-likeness (QED) is 0.512. The van der Waals surface area contributed by atoms with Gasteiger partial charge in [0, 0.05) is 22.7 Å². The molecule has 0 saturated heterocycles. The van der Waals surface area contributed by atoms with Crippen LogP contribution >= 0.6 is 0 Å². The maximum absolute atomic E-state index is 5.29. The van der Waals surface area contributed by atoms with E-state index in [0.29, 0.717) is 0 Å². The summed E-state index contributed by atoms with van der Waals surface area (Å²) in [4.78, 5) is 0. The van der Waals surface area contributed by atoms with Gasteiger partial charge in [0.2, 0.25) is 0 Å². The summed E-state index contributed by atoms with van der Waals surface area (Å²) in [5, 5.41) is 0. The highest BCUT2D eigenvalue weighted by atomic mass is 28.2. The number of rotatable bonds is 6. The molecule has 0 bridgehead atoms. The van der Waals surface area contributed by atoms with Crippen LogP contribution in [0.5, 0.6) is 0 Å². The highest BCUT2D eigenvalue weighted by Gasteiger charge is 1.85. The lowest BCUT2D eigenvalue weighted by Gasteiger charge is -1.96. The molecule has 1 nitrogen and oxygen atoms in total. The molecule has 0 amide bonds. The standard InChI is InChI=1S/C12H18OSi/c1-2-13-9-11-14-10-8-12-6-4-3-5-7-12/h3-8,10H,2,9,11,14H2,1H3. The molecule has 1 rings (SSSR count). The second-order valence-electron chi connectivity index (χ2n) is 3.15. The van der Waals surface area contributed by atoms with E-state index in [0.717, 1.165) is 13.2 Å². The molecular weight excluding hydrogens is 188 g/mol. The van der Waals surface area contributed by atoms with E-state index >= 15 is 0 Å². The molecule has 0 N–H and O–H groups in total. The molecule has 0 fully saturated rings. The highest BCUT2D eigenvalue weighted by Crippen LogP contribution is 2.00.